The van der Waals surface area contributed by atoms with Gasteiger partial charge in [-0.25, -0.2) is 4.98 Å². The van der Waals surface area contributed by atoms with Gasteiger partial charge in [0.15, 0.2) is 0 Å². The van der Waals surface area contributed by atoms with Gasteiger partial charge in [-0.15, -0.1) is 0 Å². The monoisotopic (exact) mass is 237 g/mol. The van der Waals surface area contributed by atoms with Crippen molar-refractivity contribution in [3.8, 4) is 0 Å². The molecule has 1 aromatic carbocycles. The van der Waals surface area contributed by atoms with Crippen molar-refractivity contribution in [3.05, 3.63) is 29.0 Å². The second-order valence-electron chi connectivity index (χ2n) is 3.90. The van der Waals surface area contributed by atoms with Crippen molar-refractivity contribution in [3.63, 3.8) is 0 Å². The van der Waals surface area contributed by atoms with Crippen molar-refractivity contribution in [1.82, 2.24) is 14.9 Å². The molecule has 0 saturated carbocycles. The van der Waals surface area contributed by atoms with Crippen LogP contribution in [0, 0.1) is 0 Å². The van der Waals surface area contributed by atoms with E-state index >= 15 is 0 Å². The molecule has 0 fully saturated rings. The fraction of sp³-hybridized carbons (Fsp3) is 0.417. The fourth-order valence-corrected chi connectivity index (χ4v) is 2.21. The highest BCUT2D eigenvalue weighted by molar-refractivity contribution is 6.34. The molecule has 0 bridgehead atoms. The Kier molecular flexibility index (Phi) is 3.46. The number of halogens is 1. The second-order valence-corrected chi connectivity index (χ2v) is 4.31. The van der Waals surface area contributed by atoms with Crippen LogP contribution in [0.2, 0.25) is 5.02 Å². The van der Waals surface area contributed by atoms with Gasteiger partial charge in [-0.3, -0.25) is 0 Å². The highest BCUT2D eigenvalue weighted by Crippen LogP contribution is 2.23. The van der Waals surface area contributed by atoms with Crippen LogP contribution in [0.15, 0.2) is 18.2 Å². The standard InChI is InChI=1S/C12H16ClN3/c1-14-8-4-7-11-15-10-6-3-5-9(13)12(10)16(11)2/h3,5-6,14H,4,7-8H2,1-2H3. The SMILES string of the molecule is CNCCCc1nc2cccc(Cl)c2n1C. The molecule has 0 spiro atoms. The number of nitrogens with zero attached hydrogens (tertiary/aromatic N) is 2. The van der Waals surface area contributed by atoms with E-state index in [2.05, 4.69) is 14.9 Å². The molecule has 0 amide bonds. The van der Waals surface area contributed by atoms with Gasteiger partial charge < -0.3 is 9.88 Å². The maximum absolute atomic E-state index is 6.16. The van der Waals surface area contributed by atoms with Gasteiger partial charge in [0.2, 0.25) is 0 Å². The summed E-state index contributed by atoms with van der Waals surface area (Å²) < 4.78 is 2.09. The quantitative estimate of drug-likeness (QED) is 0.828. The zero-order valence-corrected chi connectivity index (χ0v) is 10.4. The summed E-state index contributed by atoms with van der Waals surface area (Å²) in [5.41, 5.74) is 2.01. The Morgan fingerprint density at radius 2 is 2.25 bits per heavy atom. The lowest BCUT2D eigenvalue weighted by atomic mass is 10.3. The molecule has 0 radical (unpaired) electrons. The van der Waals surface area contributed by atoms with Crippen molar-refractivity contribution in [2.75, 3.05) is 13.6 Å². The van der Waals surface area contributed by atoms with Crippen molar-refractivity contribution in [2.45, 2.75) is 12.8 Å². The van der Waals surface area contributed by atoms with Gasteiger partial charge in [-0.1, -0.05) is 17.7 Å². The average molecular weight is 238 g/mol. The largest absolute Gasteiger partial charge is 0.330 e. The molecular weight excluding hydrogens is 222 g/mol. The Balaban J connectivity index is 2.33. The van der Waals surface area contributed by atoms with Crippen molar-refractivity contribution in [1.29, 1.82) is 0 Å². The number of rotatable bonds is 4. The molecule has 0 saturated heterocycles. The minimum atomic E-state index is 0.771. The number of hydrogen-bond donors (Lipinski definition) is 1. The first-order chi connectivity index (χ1) is 7.74. The lowest BCUT2D eigenvalue weighted by molar-refractivity contribution is 0.685. The minimum absolute atomic E-state index is 0.771. The molecular formula is C12H16ClN3. The van der Waals surface area contributed by atoms with E-state index in [4.69, 9.17) is 11.6 Å². The van der Waals surface area contributed by atoms with E-state index in [1.165, 1.54) is 0 Å². The third kappa shape index (κ3) is 2.06. The van der Waals surface area contributed by atoms with Crippen molar-refractivity contribution in [2.24, 2.45) is 7.05 Å². The first-order valence-electron chi connectivity index (χ1n) is 5.48. The summed E-state index contributed by atoms with van der Waals surface area (Å²) in [4.78, 5) is 4.60. The van der Waals surface area contributed by atoms with E-state index in [1.54, 1.807) is 0 Å². The van der Waals surface area contributed by atoms with Crippen LogP contribution in [0.25, 0.3) is 11.0 Å². The predicted molar refractivity (Wildman–Crippen MR) is 68.0 cm³/mol. The van der Waals surface area contributed by atoms with Crippen LogP contribution in [-0.4, -0.2) is 23.1 Å². The number of para-hydroxylation sites is 1. The lowest BCUT2D eigenvalue weighted by Crippen LogP contribution is -2.09. The van der Waals surface area contributed by atoms with Gasteiger partial charge >= 0.3 is 0 Å². The minimum Gasteiger partial charge on any atom is -0.330 e. The Labute approximate surface area is 100 Å². The topological polar surface area (TPSA) is 29.9 Å². The van der Waals surface area contributed by atoms with Crippen LogP contribution in [0.3, 0.4) is 0 Å². The first-order valence-corrected chi connectivity index (χ1v) is 5.86. The van der Waals surface area contributed by atoms with Gasteiger partial charge in [0.05, 0.1) is 16.1 Å². The zero-order valence-electron chi connectivity index (χ0n) is 9.63. The normalized spacial score (nSPS) is 11.2. The van der Waals surface area contributed by atoms with Crippen LogP contribution >= 0.6 is 11.6 Å². The molecule has 4 heteroatoms. The molecule has 1 aromatic heterocycles. The highest BCUT2D eigenvalue weighted by Gasteiger charge is 2.09. The number of imidazole rings is 1. The van der Waals surface area contributed by atoms with E-state index in [0.29, 0.717) is 0 Å². The number of hydrogen-bond acceptors (Lipinski definition) is 2. The second kappa shape index (κ2) is 4.85. The van der Waals surface area contributed by atoms with Crippen LogP contribution in [0.1, 0.15) is 12.2 Å². The maximum atomic E-state index is 6.16. The third-order valence-corrected chi connectivity index (χ3v) is 3.07. The van der Waals surface area contributed by atoms with Gasteiger partial charge in [0, 0.05) is 13.5 Å². The number of benzene rings is 1. The first kappa shape index (κ1) is 11.4. The van der Waals surface area contributed by atoms with E-state index in [9.17, 15) is 0 Å². The molecule has 3 nitrogen and oxygen atoms in total. The molecule has 0 atom stereocenters. The van der Waals surface area contributed by atoms with E-state index in [-0.39, 0.29) is 0 Å². The smallest absolute Gasteiger partial charge is 0.109 e. The van der Waals surface area contributed by atoms with Gasteiger partial charge in [-0.2, -0.15) is 0 Å². The van der Waals surface area contributed by atoms with E-state index in [1.807, 2.05) is 32.3 Å². The summed E-state index contributed by atoms with van der Waals surface area (Å²) in [7, 11) is 3.99. The van der Waals surface area contributed by atoms with Gasteiger partial charge in [0.25, 0.3) is 0 Å². The maximum Gasteiger partial charge on any atom is 0.109 e. The Hall–Kier alpha value is -1.06. The van der Waals surface area contributed by atoms with E-state index < -0.39 is 0 Å². The van der Waals surface area contributed by atoms with E-state index in [0.717, 1.165) is 41.3 Å². The molecule has 0 aliphatic heterocycles. The average Bonchev–Trinajstić information content (AvgIpc) is 2.58. The summed E-state index contributed by atoms with van der Waals surface area (Å²) in [5, 5.41) is 3.91. The summed E-state index contributed by atoms with van der Waals surface area (Å²) in [6.07, 6.45) is 2.06. The molecule has 1 N–H and O–H groups in total. The van der Waals surface area contributed by atoms with Crippen molar-refractivity contribution < 1.29 is 0 Å². The number of aryl methyl sites for hydroxylation is 2. The molecule has 2 rings (SSSR count). The highest BCUT2D eigenvalue weighted by atomic mass is 35.5. The van der Waals surface area contributed by atoms with Crippen LogP contribution < -0.4 is 5.32 Å². The summed E-state index contributed by atoms with van der Waals surface area (Å²) >= 11 is 6.16. The summed E-state index contributed by atoms with van der Waals surface area (Å²) in [6.45, 7) is 1.01. The van der Waals surface area contributed by atoms with Crippen molar-refractivity contribution >= 4 is 22.6 Å². The molecule has 0 aliphatic rings. The lowest BCUT2D eigenvalue weighted by Gasteiger charge is -2.02. The molecule has 86 valence electrons. The van der Waals surface area contributed by atoms with Crippen LogP contribution in [0.4, 0.5) is 0 Å². The third-order valence-electron chi connectivity index (χ3n) is 2.76. The molecule has 0 unspecified atom stereocenters. The summed E-state index contributed by atoms with van der Waals surface area (Å²) in [6, 6.07) is 5.85. The van der Waals surface area contributed by atoms with Gasteiger partial charge in [-0.05, 0) is 32.1 Å². The Morgan fingerprint density at radius 3 is 2.94 bits per heavy atom. The molecule has 0 aliphatic carbocycles. The summed E-state index contributed by atoms with van der Waals surface area (Å²) in [5.74, 6) is 1.10. The Bertz CT molecular complexity index is 490. The van der Waals surface area contributed by atoms with Gasteiger partial charge in [0.1, 0.15) is 5.82 Å². The Morgan fingerprint density at radius 1 is 1.44 bits per heavy atom. The molecule has 1 heterocycles. The fourth-order valence-electron chi connectivity index (χ4n) is 1.92. The number of aromatic nitrogens is 2. The molecule has 16 heavy (non-hydrogen) atoms. The number of nitrogens with one attached hydrogen (secondary N) is 1. The molecule has 2 aromatic rings. The predicted octanol–water partition coefficient (Wildman–Crippen LogP) is 2.38. The van der Waals surface area contributed by atoms with Crippen LogP contribution in [-0.2, 0) is 13.5 Å². The number of fused-ring (bicyclic) bond motifs is 1. The van der Waals surface area contributed by atoms with Crippen LogP contribution in [0.5, 0.6) is 0 Å². The zero-order chi connectivity index (χ0) is 11.5.